The minimum Gasteiger partial charge on any atom is -0.337 e. The van der Waals surface area contributed by atoms with Gasteiger partial charge in [0.15, 0.2) is 9.84 Å². The van der Waals surface area contributed by atoms with Crippen LogP contribution in [0.1, 0.15) is 29.6 Å². The van der Waals surface area contributed by atoms with Crippen molar-refractivity contribution in [1.82, 2.24) is 4.90 Å². The van der Waals surface area contributed by atoms with Gasteiger partial charge in [0.1, 0.15) is 0 Å². The molecule has 0 heterocycles. The second-order valence-corrected chi connectivity index (χ2v) is 8.43. The van der Waals surface area contributed by atoms with E-state index in [4.69, 9.17) is 23.2 Å². The van der Waals surface area contributed by atoms with Gasteiger partial charge in [-0.1, -0.05) is 29.3 Å². The predicted octanol–water partition coefficient (Wildman–Crippen LogP) is 3.03. The van der Waals surface area contributed by atoms with Gasteiger partial charge in [0.05, 0.1) is 20.9 Å². The molecular weight excluding hydrogens is 333 g/mol. The highest BCUT2D eigenvalue weighted by Crippen LogP contribution is 2.31. The van der Waals surface area contributed by atoms with Crippen LogP contribution in [0.15, 0.2) is 18.2 Å². The van der Waals surface area contributed by atoms with E-state index in [1.54, 1.807) is 25.2 Å². The van der Waals surface area contributed by atoms with Crippen molar-refractivity contribution in [3.8, 4) is 0 Å². The molecule has 0 aliphatic heterocycles. The van der Waals surface area contributed by atoms with Crippen molar-refractivity contribution in [3.05, 3.63) is 33.8 Å². The van der Waals surface area contributed by atoms with E-state index in [1.807, 2.05) is 0 Å². The van der Waals surface area contributed by atoms with E-state index in [0.29, 0.717) is 23.4 Å². The smallest absolute Gasteiger partial charge is 0.255 e. The van der Waals surface area contributed by atoms with Crippen molar-refractivity contribution in [2.45, 2.75) is 30.6 Å². The van der Waals surface area contributed by atoms with E-state index in [9.17, 15) is 13.2 Å². The molecule has 2 rings (SSSR count). The number of hydrogen-bond acceptors (Lipinski definition) is 3. The SMILES string of the molecule is CN(C(=O)c1cccc(Cl)c1Cl)[C@@H]1CCC[C@H]1S(C)(=O)=O. The van der Waals surface area contributed by atoms with Crippen LogP contribution in [-0.2, 0) is 9.84 Å². The maximum Gasteiger partial charge on any atom is 0.255 e. The van der Waals surface area contributed by atoms with Gasteiger partial charge in [0.2, 0.25) is 0 Å². The van der Waals surface area contributed by atoms with Crippen LogP contribution in [0.5, 0.6) is 0 Å². The summed E-state index contributed by atoms with van der Waals surface area (Å²) >= 11 is 12.0. The third-order valence-corrected chi connectivity index (χ3v) is 6.44. The Morgan fingerprint density at radius 1 is 1.29 bits per heavy atom. The van der Waals surface area contributed by atoms with Gasteiger partial charge in [-0.25, -0.2) is 8.42 Å². The number of halogens is 2. The number of carbonyl (C=O) groups is 1. The van der Waals surface area contributed by atoms with Crippen molar-refractivity contribution in [3.63, 3.8) is 0 Å². The second-order valence-electron chi connectivity index (χ2n) is 5.38. The second kappa shape index (κ2) is 6.15. The first kappa shape index (κ1) is 16.6. The van der Waals surface area contributed by atoms with Crippen LogP contribution in [-0.4, -0.2) is 43.8 Å². The molecule has 1 aromatic rings. The Balaban J connectivity index is 2.29. The molecule has 1 amide bonds. The molecule has 1 saturated carbocycles. The molecule has 21 heavy (non-hydrogen) atoms. The summed E-state index contributed by atoms with van der Waals surface area (Å²) in [5, 5.41) is -0.00340. The summed E-state index contributed by atoms with van der Waals surface area (Å²) in [4.78, 5) is 14.0. The highest BCUT2D eigenvalue weighted by molar-refractivity contribution is 7.91. The summed E-state index contributed by atoms with van der Waals surface area (Å²) in [5.74, 6) is -0.303. The third-order valence-electron chi connectivity index (χ3n) is 3.97. The fraction of sp³-hybridized carbons (Fsp3) is 0.500. The third kappa shape index (κ3) is 3.35. The molecule has 7 heteroatoms. The number of benzene rings is 1. The molecule has 0 aromatic heterocycles. The maximum atomic E-state index is 12.6. The molecule has 116 valence electrons. The first-order valence-electron chi connectivity index (χ1n) is 6.63. The normalized spacial score (nSPS) is 22.3. The molecule has 0 unspecified atom stereocenters. The van der Waals surface area contributed by atoms with Crippen LogP contribution < -0.4 is 0 Å². The summed E-state index contributed by atoms with van der Waals surface area (Å²) in [5.41, 5.74) is 0.297. The van der Waals surface area contributed by atoms with Crippen LogP contribution in [0.2, 0.25) is 10.0 Å². The minimum absolute atomic E-state index is 0.199. The lowest BCUT2D eigenvalue weighted by Crippen LogP contribution is -2.44. The van der Waals surface area contributed by atoms with E-state index >= 15 is 0 Å². The van der Waals surface area contributed by atoms with E-state index in [0.717, 1.165) is 6.42 Å². The monoisotopic (exact) mass is 349 g/mol. The van der Waals surface area contributed by atoms with Crippen molar-refractivity contribution in [2.75, 3.05) is 13.3 Å². The van der Waals surface area contributed by atoms with Gasteiger partial charge in [-0.05, 0) is 31.4 Å². The number of nitrogens with zero attached hydrogens (tertiary/aromatic N) is 1. The molecule has 2 atom stereocenters. The zero-order valence-electron chi connectivity index (χ0n) is 11.8. The average Bonchev–Trinajstić information content (AvgIpc) is 2.89. The van der Waals surface area contributed by atoms with E-state index in [-0.39, 0.29) is 17.0 Å². The van der Waals surface area contributed by atoms with Gasteiger partial charge in [-0.2, -0.15) is 0 Å². The molecular formula is C14H17Cl2NO3S. The zero-order chi connectivity index (χ0) is 15.8. The van der Waals surface area contributed by atoms with E-state index in [2.05, 4.69) is 0 Å². The van der Waals surface area contributed by atoms with Crippen LogP contribution in [0.4, 0.5) is 0 Å². The lowest BCUT2D eigenvalue weighted by molar-refractivity contribution is 0.0737. The van der Waals surface area contributed by atoms with Gasteiger partial charge < -0.3 is 4.90 Å². The molecule has 0 saturated heterocycles. The van der Waals surface area contributed by atoms with Gasteiger partial charge in [-0.3, -0.25) is 4.79 Å². The number of sulfone groups is 1. The lowest BCUT2D eigenvalue weighted by atomic mass is 10.1. The maximum absolute atomic E-state index is 12.6. The highest BCUT2D eigenvalue weighted by atomic mass is 35.5. The molecule has 0 N–H and O–H groups in total. The lowest BCUT2D eigenvalue weighted by Gasteiger charge is -2.29. The number of amides is 1. The number of hydrogen-bond donors (Lipinski definition) is 0. The van der Waals surface area contributed by atoms with Crippen LogP contribution in [0.25, 0.3) is 0 Å². The first-order chi connectivity index (χ1) is 9.73. The molecule has 4 nitrogen and oxygen atoms in total. The number of rotatable bonds is 3. The molecule has 1 aromatic carbocycles. The van der Waals surface area contributed by atoms with Crippen molar-refractivity contribution >= 4 is 38.9 Å². The van der Waals surface area contributed by atoms with Crippen LogP contribution in [0.3, 0.4) is 0 Å². The Bertz CT molecular complexity index is 660. The molecule has 1 aliphatic rings. The van der Waals surface area contributed by atoms with Gasteiger partial charge in [0.25, 0.3) is 5.91 Å². The summed E-state index contributed by atoms with van der Waals surface area (Å²) in [7, 11) is -1.56. The Morgan fingerprint density at radius 2 is 1.95 bits per heavy atom. The van der Waals surface area contributed by atoms with Gasteiger partial charge >= 0.3 is 0 Å². The Hall–Kier alpha value is -0.780. The standard InChI is InChI=1S/C14H17Cl2NO3S/c1-17(11-7-4-8-12(11)21(2,19)20)14(18)9-5-3-6-10(15)13(9)16/h3,5-6,11-12H,4,7-8H2,1-2H3/t11-,12-/m1/s1. The molecule has 0 bridgehead atoms. The summed E-state index contributed by atoms with van der Waals surface area (Å²) in [6.07, 6.45) is 3.28. The average molecular weight is 350 g/mol. The zero-order valence-corrected chi connectivity index (χ0v) is 14.2. The topological polar surface area (TPSA) is 54.5 Å². The Kier molecular flexibility index (Phi) is 4.85. The minimum atomic E-state index is -3.18. The van der Waals surface area contributed by atoms with E-state index < -0.39 is 15.1 Å². The van der Waals surface area contributed by atoms with Gasteiger partial charge in [-0.15, -0.1) is 0 Å². The highest BCUT2D eigenvalue weighted by Gasteiger charge is 2.39. The summed E-state index contributed by atoms with van der Waals surface area (Å²) in [6.45, 7) is 0. The molecule has 1 aliphatic carbocycles. The molecule has 0 radical (unpaired) electrons. The fourth-order valence-electron chi connectivity index (χ4n) is 2.86. The van der Waals surface area contributed by atoms with Crippen molar-refractivity contribution in [1.29, 1.82) is 0 Å². The summed E-state index contributed by atoms with van der Waals surface area (Å²) in [6, 6.07) is 4.54. The first-order valence-corrected chi connectivity index (χ1v) is 9.34. The van der Waals surface area contributed by atoms with Crippen LogP contribution in [0, 0.1) is 0 Å². The van der Waals surface area contributed by atoms with Crippen molar-refractivity contribution in [2.24, 2.45) is 0 Å². The largest absolute Gasteiger partial charge is 0.337 e. The van der Waals surface area contributed by atoms with Gasteiger partial charge in [0, 0.05) is 19.3 Å². The quantitative estimate of drug-likeness (QED) is 0.842. The molecule has 1 fully saturated rings. The van der Waals surface area contributed by atoms with Crippen molar-refractivity contribution < 1.29 is 13.2 Å². The Morgan fingerprint density at radius 3 is 2.57 bits per heavy atom. The summed E-state index contributed by atoms with van der Waals surface area (Å²) < 4.78 is 23.7. The van der Waals surface area contributed by atoms with Crippen LogP contribution >= 0.6 is 23.2 Å². The fourth-order valence-corrected chi connectivity index (χ4v) is 4.72. The predicted molar refractivity (Wildman–Crippen MR) is 84.8 cm³/mol. The Labute approximate surface area is 134 Å². The van der Waals surface area contributed by atoms with E-state index in [1.165, 1.54) is 11.2 Å². The molecule has 0 spiro atoms. The number of carbonyl (C=O) groups excluding carboxylic acids is 1.